The van der Waals surface area contributed by atoms with E-state index < -0.39 is 0 Å². The second-order valence-electron chi connectivity index (χ2n) is 3.55. The molecule has 2 aromatic carbocycles. The van der Waals surface area contributed by atoms with Gasteiger partial charge in [0.25, 0.3) is 0 Å². The number of anilines is 3. The van der Waals surface area contributed by atoms with Crippen molar-refractivity contribution in [3.63, 3.8) is 0 Å². The molecule has 4 heteroatoms. The molecule has 0 heterocycles. The SMILES string of the molecule is N#Cc1ccc(N)c(Nc2cccc(I)c2)c1. The van der Waals surface area contributed by atoms with Gasteiger partial charge in [-0.2, -0.15) is 5.26 Å². The lowest BCUT2D eigenvalue weighted by molar-refractivity contribution is 1.47. The molecule has 0 atom stereocenters. The molecule has 0 unspecified atom stereocenters. The number of rotatable bonds is 2. The Kier molecular flexibility index (Phi) is 3.49. The van der Waals surface area contributed by atoms with E-state index in [2.05, 4.69) is 34.0 Å². The van der Waals surface area contributed by atoms with Crippen molar-refractivity contribution in [2.45, 2.75) is 0 Å². The Balaban J connectivity index is 2.33. The number of halogens is 1. The number of nitrogens with one attached hydrogen (secondary N) is 1. The molecule has 17 heavy (non-hydrogen) atoms. The zero-order chi connectivity index (χ0) is 12.3. The first-order valence-electron chi connectivity index (χ1n) is 5.01. The van der Waals surface area contributed by atoms with Gasteiger partial charge >= 0.3 is 0 Å². The van der Waals surface area contributed by atoms with E-state index in [1.54, 1.807) is 18.2 Å². The van der Waals surface area contributed by atoms with Gasteiger partial charge in [-0.25, -0.2) is 0 Å². The minimum absolute atomic E-state index is 0.590. The largest absolute Gasteiger partial charge is 0.397 e. The summed E-state index contributed by atoms with van der Waals surface area (Å²) in [5, 5.41) is 12.1. The molecule has 84 valence electrons. The molecule has 0 spiro atoms. The van der Waals surface area contributed by atoms with Gasteiger partial charge in [0.15, 0.2) is 0 Å². The number of hydrogen-bond donors (Lipinski definition) is 2. The molecule has 0 radical (unpaired) electrons. The second kappa shape index (κ2) is 5.06. The molecule has 2 aromatic rings. The van der Waals surface area contributed by atoms with Gasteiger partial charge in [-0.15, -0.1) is 0 Å². The van der Waals surface area contributed by atoms with Crippen molar-refractivity contribution in [1.82, 2.24) is 0 Å². The number of nitrogen functional groups attached to an aromatic ring is 1. The lowest BCUT2D eigenvalue weighted by Crippen LogP contribution is -1.97. The zero-order valence-electron chi connectivity index (χ0n) is 8.94. The Morgan fingerprint density at radius 1 is 1.18 bits per heavy atom. The smallest absolute Gasteiger partial charge is 0.0992 e. The summed E-state index contributed by atoms with van der Waals surface area (Å²) >= 11 is 2.25. The third-order valence-electron chi connectivity index (χ3n) is 2.29. The summed E-state index contributed by atoms with van der Waals surface area (Å²) in [7, 11) is 0. The van der Waals surface area contributed by atoms with Crippen molar-refractivity contribution in [2.75, 3.05) is 11.1 Å². The van der Waals surface area contributed by atoms with Crippen molar-refractivity contribution >= 4 is 39.7 Å². The first kappa shape index (κ1) is 11.7. The van der Waals surface area contributed by atoms with Crippen LogP contribution in [0.25, 0.3) is 0 Å². The van der Waals surface area contributed by atoms with E-state index in [-0.39, 0.29) is 0 Å². The van der Waals surface area contributed by atoms with Crippen LogP contribution in [-0.4, -0.2) is 0 Å². The van der Waals surface area contributed by atoms with Crippen LogP contribution >= 0.6 is 22.6 Å². The van der Waals surface area contributed by atoms with Gasteiger partial charge in [-0.3, -0.25) is 0 Å². The first-order chi connectivity index (χ1) is 8.19. The van der Waals surface area contributed by atoms with Gasteiger partial charge < -0.3 is 11.1 Å². The molecule has 0 saturated heterocycles. The molecule has 0 aliphatic rings. The summed E-state index contributed by atoms with van der Waals surface area (Å²) in [6, 6.07) is 15.2. The van der Waals surface area contributed by atoms with E-state index in [1.807, 2.05) is 24.3 Å². The summed E-state index contributed by atoms with van der Waals surface area (Å²) in [6.07, 6.45) is 0. The predicted octanol–water partition coefficient (Wildman–Crippen LogP) is 3.49. The summed E-state index contributed by atoms with van der Waals surface area (Å²) < 4.78 is 1.14. The normalized spacial score (nSPS) is 9.65. The highest BCUT2D eigenvalue weighted by Crippen LogP contribution is 2.24. The maximum Gasteiger partial charge on any atom is 0.0992 e. The fourth-order valence-electron chi connectivity index (χ4n) is 1.46. The maximum atomic E-state index is 8.84. The van der Waals surface area contributed by atoms with Crippen LogP contribution in [0, 0.1) is 14.9 Å². The van der Waals surface area contributed by atoms with E-state index in [9.17, 15) is 0 Å². The predicted molar refractivity (Wildman–Crippen MR) is 78.0 cm³/mol. The second-order valence-corrected chi connectivity index (χ2v) is 4.79. The molecule has 0 amide bonds. The molecule has 2 rings (SSSR count). The fourth-order valence-corrected chi connectivity index (χ4v) is 2.00. The maximum absolute atomic E-state index is 8.84. The minimum atomic E-state index is 0.590. The zero-order valence-corrected chi connectivity index (χ0v) is 11.1. The molecular formula is C13H10IN3. The fraction of sp³-hybridized carbons (Fsp3) is 0. The molecule has 3 nitrogen and oxygen atoms in total. The Morgan fingerprint density at radius 2 is 2.00 bits per heavy atom. The Hall–Kier alpha value is -1.74. The summed E-state index contributed by atoms with van der Waals surface area (Å²) in [5.74, 6) is 0. The van der Waals surface area contributed by atoms with Gasteiger partial charge in [0.2, 0.25) is 0 Å². The van der Waals surface area contributed by atoms with Gasteiger partial charge in [0.1, 0.15) is 0 Å². The van der Waals surface area contributed by atoms with Gasteiger partial charge in [-0.1, -0.05) is 6.07 Å². The minimum Gasteiger partial charge on any atom is -0.397 e. The van der Waals surface area contributed by atoms with E-state index in [0.29, 0.717) is 11.3 Å². The molecule has 0 fully saturated rings. The van der Waals surface area contributed by atoms with E-state index in [1.165, 1.54) is 0 Å². The van der Waals surface area contributed by atoms with Crippen molar-refractivity contribution in [3.05, 3.63) is 51.6 Å². The van der Waals surface area contributed by atoms with Crippen molar-refractivity contribution in [3.8, 4) is 6.07 Å². The van der Waals surface area contributed by atoms with Gasteiger partial charge in [0.05, 0.1) is 23.0 Å². The summed E-state index contributed by atoms with van der Waals surface area (Å²) in [6.45, 7) is 0. The molecule has 0 bridgehead atoms. The van der Waals surface area contributed by atoms with Crippen molar-refractivity contribution < 1.29 is 0 Å². The average molecular weight is 335 g/mol. The molecular weight excluding hydrogens is 325 g/mol. The molecule has 0 aliphatic carbocycles. The molecule has 0 saturated carbocycles. The Morgan fingerprint density at radius 3 is 2.71 bits per heavy atom. The topological polar surface area (TPSA) is 61.8 Å². The highest BCUT2D eigenvalue weighted by molar-refractivity contribution is 14.1. The molecule has 0 aliphatic heterocycles. The lowest BCUT2D eigenvalue weighted by atomic mass is 10.2. The lowest BCUT2D eigenvalue weighted by Gasteiger charge is -2.09. The average Bonchev–Trinajstić information content (AvgIpc) is 2.32. The number of nitriles is 1. The quantitative estimate of drug-likeness (QED) is 0.652. The van der Waals surface area contributed by atoms with Crippen LogP contribution in [0.1, 0.15) is 5.56 Å². The van der Waals surface area contributed by atoms with Crippen LogP contribution in [0.15, 0.2) is 42.5 Å². The van der Waals surface area contributed by atoms with Crippen LogP contribution in [0.4, 0.5) is 17.1 Å². The van der Waals surface area contributed by atoms with Crippen molar-refractivity contribution in [2.24, 2.45) is 0 Å². The summed E-state index contributed by atoms with van der Waals surface area (Å²) in [4.78, 5) is 0. The standard InChI is InChI=1S/C13H10IN3/c14-10-2-1-3-11(7-10)17-13-6-9(8-15)4-5-12(13)16/h1-7,17H,16H2. The van der Waals surface area contributed by atoms with Crippen LogP contribution in [0.5, 0.6) is 0 Å². The molecule has 0 aromatic heterocycles. The van der Waals surface area contributed by atoms with E-state index in [0.717, 1.165) is 14.9 Å². The Bertz CT molecular complexity index is 587. The van der Waals surface area contributed by atoms with E-state index >= 15 is 0 Å². The van der Waals surface area contributed by atoms with Gasteiger partial charge in [0, 0.05) is 9.26 Å². The number of benzene rings is 2. The number of nitrogens with zero attached hydrogens (tertiary/aromatic N) is 1. The van der Waals surface area contributed by atoms with Crippen LogP contribution in [-0.2, 0) is 0 Å². The molecule has 3 N–H and O–H groups in total. The number of hydrogen-bond acceptors (Lipinski definition) is 3. The van der Waals surface area contributed by atoms with Crippen LogP contribution in [0.3, 0.4) is 0 Å². The monoisotopic (exact) mass is 335 g/mol. The van der Waals surface area contributed by atoms with Gasteiger partial charge in [-0.05, 0) is 59.0 Å². The first-order valence-corrected chi connectivity index (χ1v) is 6.09. The number of nitrogens with two attached hydrogens (primary N) is 1. The Labute approximate surface area is 113 Å². The highest BCUT2D eigenvalue weighted by atomic mass is 127. The third-order valence-corrected chi connectivity index (χ3v) is 2.96. The third kappa shape index (κ3) is 2.88. The highest BCUT2D eigenvalue weighted by Gasteiger charge is 2.01. The van der Waals surface area contributed by atoms with Crippen LogP contribution < -0.4 is 11.1 Å². The summed E-state index contributed by atoms with van der Waals surface area (Å²) in [5.41, 5.74) is 8.79. The van der Waals surface area contributed by atoms with E-state index in [4.69, 9.17) is 11.0 Å². The van der Waals surface area contributed by atoms with Crippen LogP contribution in [0.2, 0.25) is 0 Å². The van der Waals surface area contributed by atoms with Crippen molar-refractivity contribution in [1.29, 1.82) is 5.26 Å².